The molecular formula is C25H25N5O. The molecule has 0 radical (unpaired) electrons. The van der Waals surface area contributed by atoms with Crippen molar-refractivity contribution in [2.45, 2.75) is 33.1 Å². The summed E-state index contributed by atoms with van der Waals surface area (Å²) < 4.78 is 2.14. The molecule has 1 saturated heterocycles. The van der Waals surface area contributed by atoms with Gasteiger partial charge in [-0.3, -0.25) is 9.36 Å². The van der Waals surface area contributed by atoms with Crippen LogP contribution in [-0.4, -0.2) is 38.7 Å². The maximum atomic E-state index is 12.2. The maximum Gasteiger partial charge on any atom is 0.225 e. The van der Waals surface area contributed by atoms with Crippen molar-refractivity contribution in [2.24, 2.45) is 11.8 Å². The Balaban J connectivity index is 1.35. The molecule has 5 rings (SSSR count). The number of hydrogen-bond donors (Lipinski definition) is 0. The van der Waals surface area contributed by atoms with Crippen molar-refractivity contribution in [3.8, 4) is 22.9 Å². The number of carbonyl (C=O) groups is 1. The van der Waals surface area contributed by atoms with Crippen LogP contribution >= 0.6 is 0 Å². The first-order valence-corrected chi connectivity index (χ1v) is 10.8. The standard InChI is InChI=1S/C25H25N5O/c1-16-11-22(20-5-3-18(13-26)4-6-20)9-10-23(16)30-17(2)27-28-24(30)12-19-14-29(15-19)25(31)21-7-8-21/h3-6,9-11,19,21H,7-8,12,14-15H2,1-2H3. The van der Waals surface area contributed by atoms with Crippen molar-refractivity contribution in [1.82, 2.24) is 19.7 Å². The molecule has 6 nitrogen and oxygen atoms in total. The molecule has 0 spiro atoms. The smallest absolute Gasteiger partial charge is 0.225 e. The van der Waals surface area contributed by atoms with E-state index < -0.39 is 0 Å². The first kappa shape index (κ1) is 19.5. The number of benzene rings is 2. The lowest BCUT2D eigenvalue weighted by Crippen LogP contribution is -2.51. The van der Waals surface area contributed by atoms with Gasteiger partial charge in [-0.1, -0.05) is 18.2 Å². The lowest BCUT2D eigenvalue weighted by atomic mass is 9.95. The van der Waals surface area contributed by atoms with Crippen LogP contribution in [0.2, 0.25) is 0 Å². The predicted octanol–water partition coefficient (Wildman–Crippen LogP) is 3.83. The zero-order chi connectivity index (χ0) is 21.5. The molecule has 0 atom stereocenters. The van der Waals surface area contributed by atoms with E-state index in [0.29, 0.717) is 23.3 Å². The highest BCUT2D eigenvalue weighted by Crippen LogP contribution is 2.34. The minimum atomic E-state index is 0.295. The van der Waals surface area contributed by atoms with E-state index in [-0.39, 0.29) is 0 Å². The lowest BCUT2D eigenvalue weighted by molar-refractivity contribution is -0.138. The Kier molecular flexibility index (Phi) is 4.82. The number of aryl methyl sites for hydroxylation is 2. The van der Waals surface area contributed by atoms with Gasteiger partial charge in [0, 0.05) is 31.3 Å². The molecular weight excluding hydrogens is 386 g/mol. The maximum absolute atomic E-state index is 12.2. The Morgan fingerprint density at radius 2 is 1.77 bits per heavy atom. The molecule has 1 amide bonds. The average molecular weight is 412 g/mol. The van der Waals surface area contributed by atoms with E-state index in [2.05, 4.69) is 46.0 Å². The molecule has 0 bridgehead atoms. The molecule has 2 fully saturated rings. The summed E-state index contributed by atoms with van der Waals surface area (Å²) in [5.74, 6) is 2.90. The summed E-state index contributed by atoms with van der Waals surface area (Å²) >= 11 is 0. The van der Waals surface area contributed by atoms with E-state index in [1.165, 1.54) is 0 Å². The molecule has 1 aromatic heterocycles. The van der Waals surface area contributed by atoms with Crippen molar-refractivity contribution < 1.29 is 4.79 Å². The van der Waals surface area contributed by atoms with Crippen LogP contribution in [0, 0.1) is 37.0 Å². The van der Waals surface area contributed by atoms with Crippen LogP contribution in [0.5, 0.6) is 0 Å². The van der Waals surface area contributed by atoms with Crippen LogP contribution in [0.15, 0.2) is 42.5 Å². The number of likely N-dealkylation sites (tertiary alicyclic amines) is 1. The zero-order valence-electron chi connectivity index (χ0n) is 17.9. The van der Waals surface area contributed by atoms with Gasteiger partial charge >= 0.3 is 0 Å². The Labute approximate surface area is 182 Å². The van der Waals surface area contributed by atoms with Gasteiger partial charge in [0.05, 0.1) is 17.3 Å². The van der Waals surface area contributed by atoms with Crippen molar-refractivity contribution >= 4 is 5.91 Å². The van der Waals surface area contributed by atoms with E-state index in [1.807, 2.05) is 36.1 Å². The first-order valence-electron chi connectivity index (χ1n) is 10.8. The summed E-state index contributed by atoms with van der Waals surface area (Å²) in [7, 11) is 0. The topological polar surface area (TPSA) is 74.8 Å². The summed E-state index contributed by atoms with van der Waals surface area (Å²) in [4.78, 5) is 14.2. The molecule has 156 valence electrons. The Bertz CT molecular complexity index is 1180. The fraction of sp³-hybridized carbons (Fsp3) is 0.360. The van der Waals surface area contributed by atoms with Crippen LogP contribution in [0.25, 0.3) is 16.8 Å². The van der Waals surface area contributed by atoms with Crippen molar-refractivity contribution in [3.63, 3.8) is 0 Å². The van der Waals surface area contributed by atoms with Crippen LogP contribution in [0.1, 0.15) is 35.6 Å². The average Bonchev–Trinajstić information content (AvgIpc) is 3.54. The molecule has 1 aliphatic carbocycles. The molecule has 2 aromatic carbocycles. The number of carbonyl (C=O) groups excluding carboxylic acids is 1. The van der Waals surface area contributed by atoms with E-state index in [4.69, 9.17) is 5.26 Å². The summed E-state index contributed by atoms with van der Waals surface area (Å²) in [5, 5.41) is 17.8. The second kappa shape index (κ2) is 7.66. The van der Waals surface area contributed by atoms with E-state index in [1.54, 1.807) is 0 Å². The SMILES string of the molecule is Cc1cc(-c2ccc(C#N)cc2)ccc1-n1c(C)nnc1CC1CN(C(=O)C2CC2)C1. The van der Waals surface area contributed by atoms with Gasteiger partial charge in [0.25, 0.3) is 0 Å². The zero-order valence-corrected chi connectivity index (χ0v) is 17.9. The molecule has 31 heavy (non-hydrogen) atoms. The second-order valence-corrected chi connectivity index (χ2v) is 8.78. The first-order chi connectivity index (χ1) is 15.0. The quantitative estimate of drug-likeness (QED) is 0.639. The van der Waals surface area contributed by atoms with Crippen LogP contribution in [-0.2, 0) is 11.2 Å². The summed E-state index contributed by atoms with van der Waals surface area (Å²) in [6.45, 7) is 5.74. The monoisotopic (exact) mass is 411 g/mol. The number of aromatic nitrogens is 3. The van der Waals surface area contributed by atoms with E-state index in [9.17, 15) is 4.79 Å². The fourth-order valence-corrected chi connectivity index (χ4v) is 4.40. The summed E-state index contributed by atoms with van der Waals surface area (Å²) in [6.07, 6.45) is 2.95. The van der Waals surface area contributed by atoms with Gasteiger partial charge < -0.3 is 4.90 Å². The van der Waals surface area contributed by atoms with Gasteiger partial charge in [-0.2, -0.15) is 5.26 Å². The lowest BCUT2D eigenvalue weighted by Gasteiger charge is -2.39. The largest absolute Gasteiger partial charge is 0.342 e. The molecule has 0 N–H and O–H groups in total. The van der Waals surface area contributed by atoms with Crippen molar-refractivity contribution in [3.05, 3.63) is 65.2 Å². The van der Waals surface area contributed by atoms with Gasteiger partial charge in [0.2, 0.25) is 5.91 Å². The molecule has 3 aromatic rings. The number of nitrogens with zero attached hydrogens (tertiary/aromatic N) is 5. The van der Waals surface area contributed by atoms with E-state index in [0.717, 1.165) is 66.4 Å². The summed E-state index contributed by atoms with van der Waals surface area (Å²) in [5.41, 5.74) is 5.09. The Morgan fingerprint density at radius 3 is 2.42 bits per heavy atom. The van der Waals surface area contributed by atoms with E-state index >= 15 is 0 Å². The van der Waals surface area contributed by atoms with Gasteiger partial charge in [-0.05, 0) is 67.6 Å². The molecule has 2 aliphatic rings. The third kappa shape index (κ3) is 3.72. The molecule has 6 heteroatoms. The molecule has 1 aliphatic heterocycles. The fourth-order valence-electron chi connectivity index (χ4n) is 4.40. The number of amides is 1. The highest BCUT2D eigenvalue weighted by Gasteiger charge is 2.39. The van der Waals surface area contributed by atoms with Gasteiger partial charge in [0.1, 0.15) is 11.6 Å². The number of nitriles is 1. The Hall–Kier alpha value is -3.46. The minimum Gasteiger partial charge on any atom is -0.342 e. The summed E-state index contributed by atoms with van der Waals surface area (Å²) in [6, 6.07) is 16.2. The van der Waals surface area contributed by atoms with Gasteiger partial charge in [-0.25, -0.2) is 0 Å². The third-order valence-corrected chi connectivity index (χ3v) is 6.34. The predicted molar refractivity (Wildman–Crippen MR) is 117 cm³/mol. The van der Waals surface area contributed by atoms with Gasteiger partial charge in [-0.15, -0.1) is 10.2 Å². The molecule has 2 heterocycles. The van der Waals surface area contributed by atoms with Crippen LogP contribution < -0.4 is 0 Å². The molecule has 0 unspecified atom stereocenters. The Morgan fingerprint density at radius 1 is 1.06 bits per heavy atom. The number of hydrogen-bond acceptors (Lipinski definition) is 4. The van der Waals surface area contributed by atoms with Gasteiger partial charge in [0.15, 0.2) is 0 Å². The normalized spacial score (nSPS) is 16.1. The highest BCUT2D eigenvalue weighted by atomic mass is 16.2. The van der Waals surface area contributed by atoms with Crippen molar-refractivity contribution in [2.75, 3.05) is 13.1 Å². The second-order valence-electron chi connectivity index (χ2n) is 8.78. The van der Waals surface area contributed by atoms with Crippen LogP contribution in [0.3, 0.4) is 0 Å². The number of rotatable bonds is 5. The van der Waals surface area contributed by atoms with Crippen LogP contribution in [0.4, 0.5) is 0 Å². The molecule has 1 saturated carbocycles. The highest BCUT2D eigenvalue weighted by molar-refractivity contribution is 5.81. The van der Waals surface area contributed by atoms with Crippen molar-refractivity contribution in [1.29, 1.82) is 5.26 Å². The minimum absolute atomic E-state index is 0.295. The third-order valence-electron chi connectivity index (χ3n) is 6.34.